The molecule has 1 aromatic carbocycles. The number of hydrogen-bond donors (Lipinski definition) is 0. The summed E-state index contributed by atoms with van der Waals surface area (Å²) in [4.78, 5) is -0.239. The molecule has 0 saturated heterocycles. The Morgan fingerprint density at radius 1 is 1.38 bits per heavy atom. The smallest absolute Gasteiger partial charge is 0.573 e. The summed E-state index contributed by atoms with van der Waals surface area (Å²) in [5.41, 5.74) is 0. The van der Waals surface area contributed by atoms with Crippen LogP contribution in [0.3, 0.4) is 0 Å². The first kappa shape index (κ1) is 12.8. The Labute approximate surface area is 91.3 Å². The van der Waals surface area contributed by atoms with Gasteiger partial charge in [0.05, 0.1) is 12.0 Å². The number of ether oxygens (including phenoxy) is 2. The highest BCUT2D eigenvalue weighted by Crippen LogP contribution is 2.30. The van der Waals surface area contributed by atoms with Crippen molar-refractivity contribution in [3.63, 3.8) is 0 Å². The summed E-state index contributed by atoms with van der Waals surface area (Å²) in [5, 5.41) is 0. The molecule has 1 aromatic rings. The molecule has 0 heterocycles. The molecule has 0 radical (unpaired) electrons. The average molecular weight is 255 g/mol. The van der Waals surface area contributed by atoms with E-state index in [-0.39, 0.29) is 10.6 Å². The molecule has 1 rings (SSSR count). The molecule has 0 fully saturated rings. The van der Waals surface area contributed by atoms with Crippen molar-refractivity contribution < 1.29 is 31.4 Å². The van der Waals surface area contributed by atoms with Gasteiger partial charge >= 0.3 is 6.36 Å². The van der Waals surface area contributed by atoms with Gasteiger partial charge < -0.3 is 14.0 Å². The van der Waals surface area contributed by atoms with Crippen LogP contribution in [0.1, 0.15) is 0 Å². The first-order valence-corrected chi connectivity index (χ1v) is 4.94. The van der Waals surface area contributed by atoms with Gasteiger partial charge in [-0.15, -0.1) is 13.2 Å². The summed E-state index contributed by atoms with van der Waals surface area (Å²) in [7, 11) is 1.14. The van der Waals surface area contributed by atoms with Crippen LogP contribution in [0.15, 0.2) is 23.1 Å². The van der Waals surface area contributed by atoms with Crippen LogP contribution in [0.25, 0.3) is 0 Å². The second-order valence-electron chi connectivity index (χ2n) is 2.60. The number of methoxy groups -OCH3 is 1. The highest BCUT2D eigenvalue weighted by molar-refractivity contribution is 7.79. The molecule has 0 amide bonds. The van der Waals surface area contributed by atoms with Gasteiger partial charge in [-0.05, 0) is 23.2 Å². The van der Waals surface area contributed by atoms with Gasteiger partial charge in [0.25, 0.3) is 0 Å². The van der Waals surface area contributed by atoms with E-state index in [2.05, 4.69) is 9.47 Å². The Balaban J connectivity index is 3.05. The van der Waals surface area contributed by atoms with Gasteiger partial charge in [0.2, 0.25) is 0 Å². The van der Waals surface area contributed by atoms with Crippen molar-refractivity contribution >= 4 is 11.1 Å². The summed E-state index contributed by atoms with van der Waals surface area (Å²) in [6.45, 7) is 0. The molecule has 0 aliphatic carbocycles. The van der Waals surface area contributed by atoms with Crippen molar-refractivity contribution in [1.29, 1.82) is 0 Å². The molecule has 0 aliphatic rings. The molecule has 0 bridgehead atoms. The van der Waals surface area contributed by atoms with Gasteiger partial charge in [0, 0.05) is 6.07 Å². The third kappa shape index (κ3) is 3.38. The van der Waals surface area contributed by atoms with Crippen molar-refractivity contribution in [2.75, 3.05) is 7.11 Å². The van der Waals surface area contributed by atoms with Crippen LogP contribution in [0.2, 0.25) is 0 Å². The standard InChI is InChI=1S/C8H7F3O4S/c1-14-6-4-5(15-8(9,10)11)2-3-7(6)16(12)13/h2-4H,1H3,(H,12,13)/p-1. The van der Waals surface area contributed by atoms with Crippen molar-refractivity contribution in [2.45, 2.75) is 11.3 Å². The number of halogens is 3. The Kier molecular flexibility index (Phi) is 3.76. The van der Waals surface area contributed by atoms with E-state index in [1.807, 2.05) is 0 Å². The molecule has 1 unspecified atom stereocenters. The highest BCUT2D eigenvalue weighted by atomic mass is 32.2. The first-order valence-electron chi connectivity index (χ1n) is 3.86. The Morgan fingerprint density at radius 3 is 2.44 bits per heavy atom. The topological polar surface area (TPSA) is 58.6 Å². The van der Waals surface area contributed by atoms with Gasteiger partial charge in [0.15, 0.2) is 0 Å². The maximum absolute atomic E-state index is 11.9. The van der Waals surface area contributed by atoms with Crippen LogP contribution >= 0.6 is 0 Å². The van der Waals surface area contributed by atoms with Gasteiger partial charge in [-0.25, -0.2) is 0 Å². The number of benzene rings is 1. The predicted molar refractivity (Wildman–Crippen MR) is 46.9 cm³/mol. The molecule has 16 heavy (non-hydrogen) atoms. The summed E-state index contributed by atoms with van der Waals surface area (Å²) >= 11 is -2.58. The van der Waals surface area contributed by atoms with E-state index in [0.29, 0.717) is 0 Å². The molecule has 1 atom stereocenters. The molecule has 0 aliphatic heterocycles. The van der Waals surface area contributed by atoms with Crippen molar-refractivity contribution in [3.8, 4) is 11.5 Å². The van der Waals surface area contributed by atoms with Gasteiger partial charge in [-0.2, -0.15) is 0 Å². The SMILES string of the molecule is COc1cc(OC(F)(F)F)ccc1S(=O)[O-]. The molecule has 8 heteroatoms. The molecular weight excluding hydrogens is 249 g/mol. The van der Waals surface area contributed by atoms with E-state index < -0.39 is 23.2 Å². The molecule has 0 aromatic heterocycles. The van der Waals surface area contributed by atoms with Gasteiger partial charge in [-0.3, -0.25) is 4.21 Å². The van der Waals surface area contributed by atoms with E-state index >= 15 is 0 Å². The highest BCUT2D eigenvalue weighted by Gasteiger charge is 2.31. The Hall–Kier alpha value is -1.28. The predicted octanol–water partition coefficient (Wildman–Crippen LogP) is 1.83. The quantitative estimate of drug-likeness (QED) is 0.773. The first-order chi connectivity index (χ1) is 7.33. The summed E-state index contributed by atoms with van der Waals surface area (Å²) in [6.07, 6.45) is -4.83. The van der Waals surface area contributed by atoms with E-state index in [4.69, 9.17) is 0 Å². The minimum absolute atomic E-state index is 0.213. The van der Waals surface area contributed by atoms with Gasteiger partial charge in [-0.1, -0.05) is 0 Å². The lowest BCUT2D eigenvalue weighted by molar-refractivity contribution is -0.274. The largest absolute Gasteiger partial charge is 0.768 e. The van der Waals surface area contributed by atoms with Crippen LogP contribution < -0.4 is 9.47 Å². The zero-order valence-electron chi connectivity index (χ0n) is 7.91. The van der Waals surface area contributed by atoms with Crippen molar-refractivity contribution in [3.05, 3.63) is 18.2 Å². The summed E-state index contributed by atoms with van der Waals surface area (Å²) in [6, 6.07) is 2.70. The van der Waals surface area contributed by atoms with Crippen molar-refractivity contribution in [1.82, 2.24) is 0 Å². The van der Waals surface area contributed by atoms with Crippen LogP contribution in [0.5, 0.6) is 11.5 Å². The minimum Gasteiger partial charge on any atom is -0.768 e. The maximum Gasteiger partial charge on any atom is 0.573 e. The van der Waals surface area contributed by atoms with E-state index in [1.165, 1.54) is 0 Å². The number of hydrogen-bond acceptors (Lipinski definition) is 4. The molecular formula is C8H6F3O4S-. The van der Waals surface area contributed by atoms with E-state index in [1.54, 1.807) is 0 Å². The fraction of sp³-hybridized carbons (Fsp3) is 0.250. The monoisotopic (exact) mass is 255 g/mol. The van der Waals surface area contributed by atoms with Crippen LogP contribution in [-0.4, -0.2) is 22.2 Å². The average Bonchev–Trinajstić information content (AvgIpc) is 2.14. The minimum atomic E-state index is -4.83. The zero-order chi connectivity index (χ0) is 12.3. The molecule has 0 saturated carbocycles. The third-order valence-electron chi connectivity index (χ3n) is 1.55. The normalized spacial score (nSPS) is 13.3. The third-order valence-corrected chi connectivity index (χ3v) is 2.24. The Morgan fingerprint density at radius 2 is 2.00 bits per heavy atom. The lowest BCUT2D eigenvalue weighted by atomic mass is 10.3. The maximum atomic E-state index is 11.9. The second-order valence-corrected chi connectivity index (χ2v) is 3.50. The van der Waals surface area contributed by atoms with E-state index in [9.17, 15) is 21.9 Å². The number of rotatable bonds is 3. The lowest BCUT2D eigenvalue weighted by Gasteiger charge is -2.13. The molecule has 4 nitrogen and oxygen atoms in total. The summed E-state index contributed by atoms with van der Waals surface area (Å²) < 4.78 is 65.0. The van der Waals surface area contributed by atoms with Crippen LogP contribution in [-0.2, 0) is 11.1 Å². The van der Waals surface area contributed by atoms with Gasteiger partial charge in [0.1, 0.15) is 11.5 Å². The molecule has 0 N–H and O–H groups in total. The molecule has 90 valence electrons. The second kappa shape index (κ2) is 4.71. The molecule has 0 spiro atoms. The van der Waals surface area contributed by atoms with Crippen LogP contribution in [0.4, 0.5) is 13.2 Å². The lowest BCUT2D eigenvalue weighted by Crippen LogP contribution is -2.17. The Bertz CT molecular complexity index is 405. The summed E-state index contributed by atoms with van der Waals surface area (Å²) in [5.74, 6) is -0.756. The fourth-order valence-electron chi connectivity index (χ4n) is 0.983. The number of alkyl halides is 3. The van der Waals surface area contributed by atoms with Crippen LogP contribution in [0, 0.1) is 0 Å². The van der Waals surface area contributed by atoms with E-state index in [0.717, 1.165) is 25.3 Å². The van der Waals surface area contributed by atoms with Crippen molar-refractivity contribution in [2.24, 2.45) is 0 Å². The fourth-order valence-corrected chi connectivity index (χ4v) is 1.47. The zero-order valence-corrected chi connectivity index (χ0v) is 8.72.